The molecule has 0 saturated carbocycles. The molecule has 74 valence electrons. The molecule has 1 aromatic rings. The largest absolute Gasteiger partial charge is 0.368 e. The zero-order valence-electron chi connectivity index (χ0n) is 7.51. The summed E-state index contributed by atoms with van der Waals surface area (Å²) in [5.41, 5.74) is 11.8. The van der Waals surface area contributed by atoms with E-state index < -0.39 is 0 Å². The molecule has 0 aliphatic carbocycles. The van der Waals surface area contributed by atoms with Gasteiger partial charge in [0.2, 0.25) is 5.91 Å². The molecule has 4 nitrogen and oxygen atoms in total. The summed E-state index contributed by atoms with van der Waals surface area (Å²) >= 11 is 1.54. The van der Waals surface area contributed by atoms with E-state index in [1.165, 1.54) is 11.8 Å². The van der Waals surface area contributed by atoms with Crippen LogP contribution in [0.1, 0.15) is 0 Å². The van der Waals surface area contributed by atoms with Crippen LogP contribution < -0.4 is 16.4 Å². The quantitative estimate of drug-likeness (QED) is 0.736. The first kappa shape index (κ1) is 9.36. The van der Waals surface area contributed by atoms with Crippen LogP contribution >= 0.6 is 11.8 Å². The van der Waals surface area contributed by atoms with Gasteiger partial charge in [-0.3, -0.25) is 4.79 Å². The number of hydrogen-bond acceptors (Lipinski definition) is 4. The second kappa shape index (κ2) is 3.51. The van der Waals surface area contributed by atoms with E-state index in [1.54, 1.807) is 0 Å². The molecule has 0 bridgehead atoms. The second-order valence-electron chi connectivity index (χ2n) is 3.07. The van der Waals surface area contributed by atoms with Crippen molar-refractivity contribution in [2.24, 2.45) is 11.5 Å². The van der Waals surface area contributed by atoms with Crippen LogP contribution in [0.2, 0.25) is 0 Å². The van der Waals surface area contributed by atoms with Crippen LogP contribution in [-0.2, 0) is 4.79 Å². The smallest absolute Gasteiger partial charge is 0.237 e. The third-order valence-electron chi connectivity index (χ3n) is 2.06. The van der Waals surface area contributed by atoms with Gasteiger partial charge in [0.25, 0.3) is 0 Å². The van der Waals surface area contributed by atoms with E-state index in [4.69, 9.17) is 11.5 Å². The number of thioether (sulfide) groups is 1. The summed E-state index contributed by atoms with van der Waals surface area (Å²) in [5, 5.41) is 0. The van der Waals surface area contributed by atoms with Gasteiger partial charge in [-0.2, -0.15) is 0 Å². The maximum Gasteiger partial charge on any atom is 0.237 e. The maximum atomic E-state index is 10.8. The van der Waals surface area contributed by atoms with Crippen LogP contribution in [0.15, 0.2) is 29.2 Å². The first-order chi connectivity index (χ1) is 6.68. The monoisotopic (exact) mass is 209 g/mol. The average molecular weight is 209 g/mol. The molecule has 1 amide bonds. The van der Waals surface area contributed by atoms with Crippen molar-refractivity contribution in [3.8, 4) is 0 Å². The lowest BCUT2D eigenvalue weighted by Crippen LogP contribution is -2.41. The molecule has 0 aromatic heterocycles. The van der Waals surface area contributed by atoms with Crippen molar-refractivity contribution in [3.05, 3.63) is 24.3 Å². The summed E-state index contributed by atoms with van der Waals surface area (Å²) < 4.78 is 0. The van der Waals surface area contributed by atoms with Crippen LogP contribution in [0.4, 0.5) is 5.69 Å². The molecule has 1 unspecified atom stereocenters. The fourth-order valence-corrected chi connectivity index (χ4v) is 2.51. The summed E-state index contributed by atoms with van der Waals surface area (Å²) in [7, 11) is 0. The highest BCUT2D eigenvalue weighted by molar-refractivity contribution is 8.00. The highest BCUT2D eigenvalue weighted by Gasteiger charge is 2.27. The molecule has 14 heavy (non-hydrogen) atoms. The Labute approximate surface area is 86.2 Å². The molecule has 5 heteroatoms. The fourth-order valence-electron chi connectivity index (χ4n) is 1.47. The maximum absolute atomic E-state index is 10.8. The Morgan fingerprint density at radius 1 is 1.50 bits per heavy atom. The number of nitrogens with zero attached hydrogens (tertiary/aromatic N) is 1. The SMILES string of the molecule is NC(=O)CN1c2ccccc2SC1N. The molecule has 1 heterocycles. The van der Waals surface area contributed by atoms with E-state index in [0.717, 1.165) is 10.6 Å². The van der Waals surface area contributed by atoms with Crippen molar-refractivity contribution in [3.63, 3.8) is 0 Å². The molecule has 0 fully saturated rings. The molecule has 1 aromatic carbocycles. The van der Waals surface area contributed by atoms with Crippen molar-refractivity contribution in [1.82, 2.24) is 0 Å². The van der Waals surface area contributed by atoms with Gasteiger partial charge in [-0.1, -0.05) is 23.9 Å². The van der Waals surface area contributed by atoms with E-state index in [9.17, 15) is 4.79 Å². The third-order valence-corrected chi connectivity index (χ3v) is 3.15. The van der Waals surface area contributed by atoms with Crippen LogP contribution in [0.3, 0.4) is 0 Å². The predicted molar refractivity (Wildman–Crippen MR) is 56.8 cm³/mol. The number of carbonyl (C=O) groups excluding carboxylic acids is 1. The topological polar surface area (TPSA) is 72.4 Å². The predicted octanol–water partition coefficient (Wildman–Crippen LogP) is 0.326. The van der Waals surface area contributed by atoms with E-state index >= 15 is 0 Å². The molecule has 0 radical (unpaired) electrons. The number of primary amides is 1. The third kappa shape index (κ3) is 1.56. The Hall–Kier alpha value is -1.20. The van der Waals surface area contributed by atoms with Crippen molar-refractivity contribution >= 4 is 23.4 Å². The Bertz CT molecular complexity index is 369. The standard InChI is InChI=1S/C9H11N3OS/c10-8(13)5-12-6-3-1-2-4-7(6)14-9(12)11/h1-4,9H,5,11H2,(H2,10,13). The van der Waals surface area contributed by atoms with Gasteiger partial charge >= 0.3 is 0 Å². The van der Waals surface area contributed by atoms with Crippen LogP contribution in [0.5, 0.6) is 0 Å². The minimum Gasteiger partial charge on any atom is -0.368 e. The van der Waals surface area contributed by atoms with Gasteiger partial charge in [0.1, 0.15) is 5.50 Å². The van der Waals surface area contributed by atoms with Crippen LogP contribution in [-0.4, -0.2) is 17.9 Å². The van der Waals surface area contributed by atoms with E-state index in [0.29, 0.717) is 0 Å². The molecule has 4 N–H and O–H groups in total. The molecular weight excluding hydrogens is 198 g/mol. The highest BCUT2D eigenvalue weighted by Crippen LogP contribution is 2.40. The highest BCUT2D eigenvalue weighted by atomic mass is 32.2. The summed E-state index contributed by atoms with van der Waals surface area (Å²) in [5.74, 6) is -0.363. The fraction of sp³-hybridized carbons (Fsp3) is 0.222. The first-order valence-electron chi connectivity index (χ1n) is 4.24. The van der Waals surface area contributed by atoms with Gasteiger partial charge in [0.15, 0.2) is 0 Å². The molecular formula is C9H11N3OS. The Morgan fingerprint density at radius 2 is 2.21 bits per heavy atom. The van der Waals surface area contributed by atoms with E-state index in [2.05, 4.69) is 0 Å². The van der Waals surface area contributed by atoms with Crippen molar-refractivity contribution in [1.29, 1.82) is 0 Å². The van der Waals surface area contributed by atoms with Gasteiger partial charge < -0.3 is 16.4 Å². The number of fused-ring (bicyclic) bond motifs is 1. The van der Waals surface area contributed by atoms with Crippen molar-refractivity contribution < 1.29 is 4.79 Å². The van der Waals surface area contributed by atoms with Gasteiger partial charge in [-0.15, -0.1) is 0 Å². The Kier molecular flexibility index (Phi) is 2.35. The molecule has 0 spiro atoms. The number of amides is 1. The zero-order chi connectivity index (χ0) is 10.1. The summed E-state index contributed by atoms with van der Waals surface area (Å²) in [6.07, 6.45) is 0. The number of benzene rings is 1. The van der Waals surface area contributed by atoms with Gasteiger partial charge in [-0.05, 0) is 12.1 Å². The van der Waals surface area contributed by atoms with Crippen LogP contribution in [0.25, 0.3) is 0 Å². The molecule has 0 saturated heterocycles. The summed E-state index contributed by atoms with van der Waals surface area (Å²) in [4.78, 5) is 13.7. The number of para-hydroxylation sites is 1. The number of rotatable bonds is 2. The lowest BCUT2D eigenvalue weighted by Gasteiger charge is -2.21. The molecule has 1 aliphatic rings. The number of carbonyl (C=O) groups is 1. The average Bonchev–Trinajstić information content (AvgIpc) is 2.43. The molecule has 2 rings (SSSR count). The van der Waals surface area contributed by atoms with Crippen molar-refractivity contribution in [2.75, 3.05) is 11.4 Å². The van der Waals surface area contributed by atoms with Gasteiger partial charge in [-0.25, -0.2) is 0 Å². The minimum atomic E-state index is -0.363. The van der Waals surface area contributed by atoms with E-state index in [1.807, 2.05) is 29.2 Å². The number of hydrogen-bond donors (Lipinski definition) is 2. The normalized spacial score (nSPS) is 19.5. The molecule has 1 atom stereocenters. The van der Waals surface area contributed by atoms with Gasteiger partial charge in [0.05, 0.1) is 12.2 Å². The zero-order valence-corrected chi connectivity index (χ0v) is 8.33. The van der Waals surface area contributed by atoms with Crippen LogP contribution in [0, 0.1) is 0 Å². The first-order valence-corrected chi connectivity index (χ1v) is 5.12. The van der Waals surface area contributed by atoms with E-state index in [-0.39, 0.29) is 17.9 Å². The Balaban J connectivity index is 2.30. The summed E-state index contributed by atoms with van der Waals surface area (Å²) in [6.45, 7) is 0.172. The number of nitrogens with two attached hydrogens (primary N) is 2. The van der Waals surface area contributed by atoms with Crippen molar-refractivity contribution in [2.45, 2.75) is 10.4 Å². The van der Waals surface area contributed by atoms with Gasteiger partial charge in [0, 0.05) is 4.90 Å². The minimum absolute atomic E-state index is 0.172. The molecule has 1 aliphatic heterocycles. The second-order valence-corrected chi connectivity index (χ2v) is 4.23. The number of anilines is 1. The lowest BCUT2D eigenvalue weighted by atomic mass is 10.3. The lowest BCUT2D eigenvalue weighted by molar-refractivity contribution is -0.116. The Morgan fingerprint density at radius 3 is 2.93 bits per heavy atom. The summed E-state index contributed by atoms with van der Waals surface area (Å²) in [6, 6.07) is 7.80.